The number of anilines is 1. The van der Waals surface area contributed by atoms with Gasteiger partial charge in [0, 0.05) is 37.6 Å². The van der Waals surface area contributed by atoms with Crippen molar-refractivity contribution >= 4 is 34.3 Å². The van der Waals surface area contributed by atoms with E-state index in [2.05, 4.69) is 16.0 Å². The number of nitriles is 1. The van der Waals surface area contributed by atoms with Crippen molar-refractivity contribution in [3.05, 3.63) is 54.1 Å². The van der Waals surface area contributed by atoms with Gasteiger partial charge in [-0.15, -0.1) is 0 Å². The minimum Gasteiger partial charge on any atom is -0.497 e. The number of benzene rings is 2. The van der Waals surface area contributed by atoms with Crippen molar-refractivity contribution in [3.8, 4) is 17.6 Å². The highest BCUT2D eigenvalue weighted by atomic mass is 32.2. The molecule has 7 nitrogen and oxygen atoms in total. The fraction of sp³-hybridized carbons (Fsp3) is 0.292. The Labute approximate surface area is 191 Å². The lowest BCUT2D eigenvalue weighted by Crippen LogP contribution is -2.49. The molecular formula is C24H24N4O3S. The summed E-state index contributed by atoms with van der Waals surface area (Å²) in [5.41, 5.74) is 2.26. The number of thioether (sulfide) groups is 1. The van der Waals surface area contributed by atoms with Crippen molar-refractivity contribution in [2.45, 2.75) is 5.03 Å². The van der Waals surface area contributed by atoms with E-state index < -0.39 is 0 Å². The molecule has 0 aliphatic carbocycles. The predicted octanol–water partition coefficient (Wildman–Crippen LogP) is 3.56. The number of ether oxygens (including phenoxy) is 2. The number of methoxy groups -OCH3 is 2. The van der Waals surface area contributed by atoms with Crippen LogP contribution in [0.2, 0.25) is 0 Å². The van der Waals surface area contributed by atoms with Gasteiger partial charge < -0.3 is 19.3 Å². The summed E-state index contributed by atoms with van der Waals surface area (Å²) in [4.78, 5) is 21.6. The molecule has 0 spiro atoms. The largest absolute Gasteiger partial charge is 0.497 e. The molecule has 1 aliphatic heterocycles. The van der Waals surface area contributed by atoms with Crippen molar-refractivity contribution in [1.82, 2.24) is 9.88 Å². The highest BCUT2D eigenvalue weighted by Gasteiger charge is 2.23. The summed E-state index contributed by atoms with van der Waals surface area (Å²) in [6.45, 7) is 2.78. The molecule has 3 aromatic rings. The van der Waals surface area contributed by atoms with Crippen LogP contribution in [-0.4, -0.2) is 61.9 Å². The van der Waals surface area contributed by atoms with Gasteiger partial charge in [0.25, 0.3) is 0 Å². The normalized spacial score (nSPS) is 13.7. The number of aromatic nitrogens is 1. The fourth-order valence-corrected chi connectivity index (χ4v) is 4.62. The first-order valence-electron chi connectivity index (χ1n) is 10.3. The highest BCUT2D eigenvalue weighted by molar-refractivity contribution is 8.00. The lowest BCUT2D eigenvalue weighted by molar-refractivity contribution is -0.128. The maximum absolute atomic E-state index is 12.8. The number of piperazine rings is 1. The molecule has 8 heteroatoms. The van der Waals surface area contributed by atoms with Gasteiger partial charge in [-0.1, -0.05) is 23.9 Å². The van der Waals surface area contributed by atoms with E-state index in [1.165, 1.54) is 11.8 Å². The Morgan fingerprint density at radius 3 is 2.59 bits per heavy atom. The quantitative estimate of drug-likeness (QED) is 0.534. The highest BCUT2D eigenvalue weighted by Crippen LogP contribution is 2.29. The smallest absolute Gasteiger partial charge is 0.233 e. The molecule has 0 unspecified atom stereocenters. The van der Waals surface area contributed by atoms with Crippen molar-refractivity contribution < 1.29 is 14.3 Å². The van der Waals surface area contributed by atoms with Gasteiger partial charge in [-0.3, -0.25) is 4.79 Å². The van der Waals surface area contributed by atoms with Crippen molar-refractivity contribution in [2.24, 2.45) is 0 Å². The molecule has 164 valence electrons. The van der Waals surface area contributed by atoms with E-state index in [4.69, 9.17) is 9.47 Å². The zero-order valence-corrected chi connectivity index (χ0v) is 18.9. The molecule has 32 heavy (non-hydrogen) atoms. The zero-order valence-electron chi connectivity index (χ0n) is 18.1. The first-order chi connectivity index (χ1) is 15.6. The van der Waals surface area contributed by atoms with E-state index in [-0.39, 0.29) is 11.7 Å². The van der Waals surface area contributed by atoms with Crippen LogP contribution in [0, 0.1) is 11.3 Å². The molecule has 1 aromatic heterocycles. The maximum Gasteiger partial charge on any atom is 0.233 e. The van der Waals surface area contributed by atoms with Crippen LogP contribution in [-0.2, 0) is 4.79 Å². The Kier molecular flexibility index (Phi) is 6.66. The third-order valence-electron chi connectivity index (χ3n) is 5.50. The van der Waals surface area contributed by atoms with Crippen molar-refractivity contribution in [2.75, 3.05) is 51.1 Å². The van der Waals surface area contributed by atoms with Gasteiger partial charge in [0.15, 0.2) is 0 Å². The summed E-state index contributed by atoms with van der Waals surface area (Å²) in [7, 11) is 3.27. The fourth-order valence-electron chi connectivity index (χ4n) is 3.76. The van der Waals surface area contributed by atoms with E-state index >= 15 is 0 Å². The van der Waals surface area contributed by atoms with Gasteiger partial charge in [-0.05, 0) is 30.3 Å². The number of nitrogens with zero attached hydrogens (tertiary/aromatic N) is 4. The Bertz CT molecular complexity index is 1170. The second kappa shape index (κ2) is 9.79. The van der Waals surface area contributed by atoms with Gasteiger partial charge in [-0.25, -0.2) is 4.98 Å². The Hall–Kier alpha value is -3.44. The molecule has 0 N–H and O–H groups in total. The molecule has 2 aromatic carbocycles. The van der Waals surface area contributed by atoms with Crippen LogP contribution in [0.15, 0.2) is 53.6 Å². The van der Waals surface area contributed by atoms with Gasteiger partial charge in [0.1, 0.15) is 22.6 Å². The second-order valence-corrected chi connectivity index (χ2v) is 8.30. The summed E-state index contributed by atoms with van der Waals surface area (Å²) in [5.74, 6) is 1.83. The van der Waals surface area contributed by atoms with Crippen molar-refractivity contribution in [3.63, 3.8) is 0 Å². The standard InChI is InChI=1S/C24H24N4O3S/c1-30-19-8-7-17-13-18(15-25)24(26-20(17)14-19)32-16-23(29)28-11-9-27(10-12-28)21-5-3-4-6-22(21)31-2/h3-8,13-14H,9-12,16H2,1-2H3. The summed E-state index contributed by atoms with van der Waals surface area (Å²) in [5, 5.41) is 11.0. The molecule has 4 rings (SSSR count). The molecule has 1 amide bonds. The summed E-state index contributed by atoms with van der Waals surface area (Å²) < 4.78 is 10.7. The number of para-hydroxylation sites is 2. The van der Waals surface area contributed by atoms with Crippen LogP contribution >= 0.6 is 11.8 Å². The summed E-state index contributed by atoms with van der Waals surface area (Å²) in [6, 6.07) is 17.5. The average molecular weight is 449 g/mol. The maximum atomic E-state index is 12.8. The minimum atomic E-state index is 0.0473. The molecule has 1 aliphatic rings. The van der Waals surface area contributed by atoms with Crippen LogP contribution in [0.5, 0.6) is 11.5 Å². The second-order valence-electron chi connectivity index (χ2n) is 7.34. The Morgan fingerprint density at radius 2 is 1.88 bits per heavy atom. The van der Waals surface area contributed by atoms with Crippen LogP contribution in [0.3, 0.4) is 0 Å². The van der Waals surface area contributed by atoms with E-state index in [1.807, 2.05) is 47.4 Å². The number of hydrogen-bond donors (Lipinski definition) is 0. The number of carbonyl (C=O) groups is 1. The average Bonchev–Trinajstić information content (AvgIpc) is 2.86. The number of hydrogen-bond acceptors (Lipinski definition) is 7. The van der Waals surface area contributed by atoms with Gasteiger partial charge >= 0.3 is 0 Å². The number of rotatable bonds is 6. The zero-order chi connectivity index (χ0) is 22.5. The first kappa shape index (κ1) is 21.8. The molecule has 1 fully saturated rings. The Morgan fingerprint density at radius 1 is 1.09 bits per heavy atom. The topological polar surface area (TPSA) is 78.7 Å². The van der Waals surface area contributed by atoms with Crippen molar-refractivity contribution in [1.29, 1.82) is 5.26 Å². The molecule has 0 saturated carbocycles. The molecule has 0 atom stereocenters. The first-order valence-corrected chi connectivity index (χ1v) is 11.3. The lowest BCUT2D eigenvalue weighted by Gasteiger charge is -2.36. The van der Waals surface area contributed by atoms with E-state index in [0.717, 1.165) is 35.4 Å². The summed E-state index contributed by atoms with van der Waals surface area (Å²) >= 11 is 1.31. The third-order valence-corrected chi connectivity index (χ3v) is 6.48. The molecule has 0 bridgehead atoms. The van der Waals surface area contributed by atoms with Gasteiger partial charge in [-0.2, -0.15) is 5.26 Å². The van der Waals surface area contributed by atoms with E-state index in [0.29, 0.717) is 29.4 Å². The van der Waals surface area contributed by atoms with Crippen LogP contribution in [0.1, 0.15) is 5.56 Å². The van der Waals surface area contributed by atoms with Crippen LogP contribution in [0.4, 0.5) is 5.69 Å². The Balaban J connectivity index is 1.40. The molecule has 0 radical (unpaired) electrons. The molecule has 2 heterocycles. The van der Waals surface area contributed by atoms with Crippen LogP contribution in [0.25, 0.3) is 10.9 Å². The third kappa shape index (κ3) is 4.58. The van der Waals surface area contributed by atoms with Gasteiger partial charge in [0.2, 0.25) is 5.91 Å². The van der Waals surface area contributed by atoms with E-state index in [9.17, 15) is 10.1 Å². The number of fused-ring (bicyclic) bond motifs is 1. The number of pyridine rings is 1. The monoisotopic (exact) mass is 448 g/mol. The number of carbonyl (C=O) groups excluding carboxylic acids is 1. The molecule has 1 saturated heterocycles. The summed E-state index contributed by atoms with van der Waals surface area (Å²) in [6.07, 6.45) is 0. The van der Waals surface area contributed by atoms with Gasteiger partial charge in [0.05, 0.1) is 36.7 Å². The minimum absolute atomic E-state index is 0.0473. The SMILES string of the molecule is COc1ccc2cc(C#N)c(SCC(=O)N3CCN(c4ccccc4OC)CC3)nc2c1. The van der Waals surface area contributed by atoms with Crippen LogP contribution < -0.4 is 14.4 Å². The predicted molar refractivity (Wildman–Crippen MR) is 126 cm³/mol. The van der Waals surface area contributed by atoms with E-state index in [1.54, 1.807) is 20.3 Å². The lowest BCUT2D eigenvalue weighted by atomic mass is 10.1. The number of amides is 1. The molecular weight excluding hydrogens is 424 g/mol.